The standard InChI is InChI=1S/C26H27N3O5S/c1-15(2)11-22(24(31)32)28-23(30)12-16-14-35-25(27-16)29-26(33)34-13-21-19-9-5-3-7-17(19)18-8-4-6-10-20(18)21/h3-10,14-15,21-22H,11-13H2,1-2H3,(H,28,30)(H,31,32)(H,27,29,33)/t22-/m1/s1. The van der Waals surface area contributed by atoms with Crippen LogP contribution in [0.5, 0.6) is 0 Å². The lowest BCUT2D eigenvalue weighted by molar-refractivity contribution is -0.142. The average molecular weight is 494 g/mol. The molecule has 1 heterocycles. The minimum atomic E-state index is -1.07. The molecule has 182 valence electrons. The third-order valence-electron chi connectivity index (χ3n) is 5.79. The van der Waals surface area contributed by atoms with E-state index in [2.05, 4.69) is 39.9 Å². The predicted molar refractivity (Wildman–Crippen MR) is 134 cm³/mol. The van der Waals surface area contributed by atoms with Crippen LogP contribution in [0.15, 0.2) is 53.9 Å². The first-order valence-corrected chi connectivity index (χ1v) is 12.3. The van der Waals surface area contributed by atoms with Crippen LogP contribution in [0.2, 0.25) is 0 Å². The number of nitrogens with one attached hydrogen (secondary N) is 2. The number of hydrogen-bond donors (Lipinski definition) is 3. The summed E-state index contributed by atoms with van der Waals surface area (Å²) in [5.74, 6) is -1.42. The number of thiazole rings is 1. The zero-order chi connectivity index (χ0) is 24.9. The topological polar surface area (TPSA) is 118 Å². The summed E-state index contributed by atoms with van der Waals surface area (Å²) in [5, 5.41) is 16.4. The molecule has 0 radical (unpaired) electrons. The minimum Gasteiger partial charge on any atom is -0.480 e. The number of aliphatic carboxylic acids is 1. The highest BCUT2D eigenvalue weighted by Crippen LogP contribution is 2.44. The van der Waals surface area contributed by atoms with Crippen LogP contribution in [0, 0.1) is 5.92 Å². The lowest BCUT2D eigenvalue weighted by atomic mass is 9.98. The molecule has 3 aromatic rings. The molecule has 8 nitrogen and oxygen atoms in total. The molecule has 1 atom stereocenters. The first-order chi connectivity index (χ1) is 16.8. The van der Waals surface area contributed by atoms with Gasteiger partial charge in [0.1, 0.15) is 12.6 Å². The molecular weight excluding hydrogens is 466 g/mol. The number of carbonyl (C=O) groups excluding carboxylic acids is 2. The lowest BCUT2D eigenvalue weighted by Crippen LogP contribution is -2.42. The average Bonchev–Trinajstić information content (AvgIpc) is 3.38. The summed E-state index contributed by atoms with van der Waals surface area (Å²) < 4.78 is 5.52. The first kappa shape index (κ1) is 24.4. The molecule has 35 heavy (non-hydrogen) atoms. The van der Waals surface area contributed by atoms with Gasteiger partial charge in [0, 0.05) is 11.3 Å². The van der Waals surface area contributed by atoms with E-state index >= 15 is 0 Å². The van der Waals surface area contributed by atoms with Crippen LogP contribution in [-0.4, -0.2) is 40.7 Å². The van der Waals surface area contributed by atoms with Crippen molar-refractivity contribution in [1.82, 2.24) is 10.3 Å². The molecule has 4 rings (SSSR count). The van der Waals surface area contributed by atoms with E-state index in [1.807, 2.05) is 38.1 Å². The zero-order valence-electron chi connectivity index (χ0n) is 19.5. The summed E-state index contributed by atoms with van der Waals surface area (Å²) in [7, 11) is 0. The highest BCUT2D eigenvalue weighted by molar-refractivity contribution is 7.13. The number of rotatable bonds is 9. The highest BCUT2D eigenvalue weighted by Gasteiger charge is 2.29. The van der Waals surface area contributed by atoms with Gasteiger partial charge in [-0.25, -0.2) is 14.6 Å². The van der Waals surface area contributed by atoms with Crippen molar-refractivity contribution < 1.29 is 24.2 Å². The molecule has 1 aliphatic carbocycles. The molecule has 0 spiro atoms. The van der Waals surface area contributed by atoms with Crippen LogP contribution in [0.1, 0.15) is 43.0 Å². The number of aromatic nitrogens is 1. The van der Waals surface area contributed by atoms with Crippen molar-refractivity contribution in [3.05, 3.63) is 70.7 Å². The normalized spacial score (nSPS) is 13.1. The van der Waals surface area contributed by atoms with Crippen LogP contribution < -0.4 is 10.6 Å². The van der Waals surface area contributed by atoms with Gasteiger partial charge in [-0.05, 0) is 34.6 Å². The van der Waals surface area contributed by atoms with Gasteiger partial charge in [0.25, 0.3) is 0 Å². The van der Waals surface area contributed by atoms with Crippen molar-refractivity contribution in [3.63, 3.8) is 0 Å². The van der Waals surface area contributed by atoms with Crippen molar-refractivity contribution in [1.29, 1.82) is 0 Å². The summed E-state index contributed by atoms with van der Waals surface area (Å²) in [6.07, 6.45) is -0.364. The van der Waals surface area contributed by atoms with Gasteiger partial charge in [-0.3, -0.25) is 10.1 Å². The Morgan fingerprint density at radius 1 is 1.06 bits per heavy atom. The second-order valence-electron chi connectivity index (χ2n) is 8.86. The van der Waals surface area contributed by atoms with Crippen LogP contribution in [0.3, 0.4) is 0 Å². The number of nitrogens with zero attached hydrogens (tertiary/aromatic N) is 1. The second kappa shape index (κ2) is 10.7. The van der Waals surface area contributed by atoms with Gasteiger partial charge in [0.15, 0.2) is 5.13 Å². The Labute approximate surface area is 207 Å². The molecular formula is C26H27N3O5S. The van der Waals surface area contributed by atoms with Gasteiger partial charge in [-0.1, -0.05) is 62.4 Å². The van der Waals surface area contributed by atoms with Crippen LogP contribution in [0.4, 0.5) is 9.93 Å². The Bertz CT molecular complexity index is 1190. The van der Waals surface area contributed by atoms with Crippen molar-refractivity contribution in [2.24, 2.45) is 5.92 Å². The SMILES string of the molecule is CC(C)C[C@@H](NC(=O)Cc1csc(NC(=O)OCC2c3ccccc3-c3ccccc32)n1)C(=O)O. The van der Waals surface area contributed by atoms with Crippen molar-refractivity contribution in [3.8, 4) is 11.1 Å². The summed E-state index contributed by atoms with van der Waals surface area (Å²) in [6, 6.07) is 15.3. The molecule has 3 N–H and O–H groups in total. The van der Waals surface area contributed by atoms with Crippen molar-refractivity contribution >= 4 is 34.4 Å². The Morgan fingerprint density at radius 3 is 2.29 bits per heavy atom. The third kappa shape index (κ3) is 5.86. The van der Waals surface area contributed by atoms with E-state index in [1.54, 1.807) is 5.38 Å². The van der Waals surface area contributed by atoms with Gasteiger partial charge in [0.2, 0.25) is 5.91 Å². The number of amides is 2. The fourth-order valence-corrected chi connectivity index (χ4v) is 4.97. The first-order valence-electron chi connectivity index (χ1n) is 11.4. The smallest absolute Gasteiger partial charge is 0.413 e. The molecule has 1 aliphatic rings. The van der Waals surface area contributed by atoms with Crippen molar-refractivity contribution in [2.75, 3.05) is 11.9 Å². The summed E-state index contributed by atoms with van der Waals surface area (Å²) >= 11 is 1.17. The maximum atomic E-state index is 12.4. The molecule has 0 fully saturated rings. The van der Waals surface area contributed by atoms with Gasteiger partial charge in [-0.15, -0.1) is 11.3 Å². The Kier molecular flexibility index (Phi) is 7.45. The number of anilines is 1. The molecule has 0 saturated heterocycles. The molecule has 0 aliphatic heterocycles. The van der Waals surface area contributed by atoms with Gasteiger partial charge in [0.05, 0.1) is 12.1 Å². The Morgan fingerprint density at radius 2 is 1.69 bits per heavy atom. The predicted octanol–water partition coefficient (Wildman–Crippen LogP) is 4.66. The van der Waals surface area contributed by atoms with E-state index in [4.69, 9.17) is 4.74 Å². The second-order valence-corrected chi connectivity index (χ2v) is 9.72. The fraction of sp³-hybridized carbons (Fsp3) is 0.308. The van der Waals surface area contributed by atoms with E-state index < -0.39 is 24.0 Å². The molecule has 2 amide bonds. The molecule has 0 unspecified atom stereocenters. The summed E-state index contributed by atoms with van der Waals surface area (Å²) in [6.45, 7) is 3.97. The zero-order valence-corrected chi connectivity index (χ0v) is 20.3. The molecule has 9 heteroatoms. The van der Waals surface area contributed by atoms with Gasteiger partial charge < -0.3 is 15.2 Å². The van der Waals surface area contributed by atoms with Gasteiger partial charge in [-0.2, -0.15) is 0 Å². The number of fused-ring (bicyclic) bond motifs is 3. The molecule has 1 aromatic heterocycles. The van der Waals surface area contributed by atoms with Crippen LogP contribution >= 0.6 is 11.3 Å². The summed E-state index contributed by atoms with van der Waals surface area (Å²) in [5.41, 5.74) is 4.99. The fourth-order valence-electron chi connectivity index (χ4n) is 4.27. The van der Waals surface area contributed by atoms with Gasteiger partial charge >= 0.3 is 12.1 Å². The number of carboxylic acids is 1. The largest absolute Gasteiger partial charge is 0.480 e. The van der Waals surface area contributed by atoms with E-state index in [-0.39, 0.29) is 24.9 Å². The maximum absolute atomic E-state index is 12.4. The van der Waals surface area contributed by atoms with E-state index in [0.29, 0.717) is 17.2 Å². The van der Waals surface area contributed by atoms with Crippen LogP contribution in [0.25, 0.3) is 11.1 Å². The number of carbonyl (C=O) groups is 3. The Hall–Kier alpha value is -3.72. The van der Waals surface area contributed by atoms with Crippen molar-refractivity contribution in [2.45, 2.75) is 38.6 Å². The third-order valence-corrected chi connectivity index (χ3v) is 6.59. The van der Waals surface area contributed by atoms with E-state index in [0.717, 1.165) is 22.3 Å². The highest BCUT2D eigenvalue weighted by atomic mass is 32.1. The lowest BCUT2D eigenvalue weighted by Gasteiger charge is -2.16. The molecule has 0 bridgehead atoms. The summed E-state index contributed by atoms with van der Waals surface area (Å²) in [4.78, 5) is 40.3. The maximum Gasteiger partial charge on any atom is 0.413 e. The Balaban J connectivity index is 1.31. The van der Waals surface area contributed by atoms with E-state index in [9.17, 15) is 19.5 Å². The van der Waals surface area contributed by atoms with E-state index in [1.165, 1.54) is 11.3 Å². The number of benzene rings is 2. The molecule has 2 aromatic carbocycles. The quantitative estimate of drug-likeness (QED) is 0.399. The number of carboxylic acid groups (broad SMARTS) is 1. The molecule has 0 saturated carbocycles. The monoisotopic (exact) mass is 493 g/mol. The number of ether oxygens (including phenoxy) is 1. The number of hydrogen-bond acceptors (Lipinski definition) is 6. The van der Waals surface area contributed by atoms with Crippen LogP contribution in [-0.2, 0) is 20.7 Å². The minimum absolute atomic E-state index is 0.0447.